The molecular formula is C34H30F3N3O8S. The van der Waals surface area contributed by atoms with Crippen molar-refractivity contribution >= 4 is 29.1 Å². The van der Waals surface area contributed by atoms with Crippen molar-refractivity contribution in [2.45, 2.75) is 46.0 Å². The lowest BCUT2D eigenvalue weighted by Gasteiger charge is -2.25. The van der Waals surface area contributed by atoms with Crippen LogP contribution in [0.4, 0.5) is 18.9 Å². The minimum Gasteiger partial charge on any atom is -0.493 e. The molecule has 1 atom stereocenters. The van der Waals surface area contributed by atoms with E-state index in [1.807, 2.05) is 13.8 Å². The molecule has 3 aromatic carbocycles. The third kappa shape index (κ3) is 7.36. The third-order valence-electron chi connectivity index (χ3n) is 7.27. The number of alkyl halides is 3. The van der Waals surface area contributed by atoms with Crippen molar-refractivity contribution in [3.8, 4) is 23.0 Å². The van der Waals surface area contributed by atoms with Crippen LogP contribution in [0.3, 0.4) is 0 Å². The number of nitrogens with zero attached hydrogens (tertiary/aromatic N) is 3. The van der Waals surface area contributed by atoms with Crippen LogP contribution in [0.5, 0.6) is 23.0 Å². The van der Waals surface area contributed by atoms with Crippen molar-refractivity contribution < 1.29 is 41.8 Å². The van der Waals surface area contributed by atoms with Gasteiger partial charge in [0.15, 0.2) is 16.3 Å². The number of ether oxygens (including phenoxy) is 4. The van der Waals surface area contributed by atoms with E-state index in [1.54, 1.807) is 50.3 Å². The molecule has 49 heavy (non-hydrogen) atoms. The average molecular weight is 698 g/mol. The summed E-state index contributed by atoms with van der Waals surface area (Å²) in [4.78, 5) is 42.7. The second-order valence-corrected chi connectivity index (χ2v) is 12.0. The van der Waals surface area contributed by atoms with Crippen molar-refractivity contribution in [2.24, 2.45) is 4.99 Å². The predicted octanol–water partition coefficient (Wildman–Crippen LogP) is 6.31. The van der Waals surface area contributed by atoms with Crippen molar-refractivity contribution in [1.29, 1.82) is 0 Å². The second-order valence-electron chi connectivity index (χ2n) is 11.0. The van der Waals surface area contributed by atoms with E-state index in [0.29, 0.717) is 49.8 Å². The first-order chi connectivity index (χ1) is 23.2. The van der Waals surface area contributed by atoms with Crippen LogP contribution in [-0.4, -0.2) is 35.3 Å². The lowest BCUT2D eigenvalue weighted by atomic mass is 9.95. The number of nitro groups is 1. The number of halogens is 3. The number of carbonyl (C=O) groups is 1. The summed E-state index contributed by atoms with van der Waals surface area (Å²) in [5, 5.41) is 11.4. The summed E-state index contributed by atoms with van der Waals surface area (Å²) in [6, 6.07) is 12.4. The molecule has 256 valence electrons. The topological polar surface area (TPSA) is 131 Å². The lowest BCUT2D eigenvalue weighted by Crippen LogP contribution is -2.40. The highest BCUT2D eigenvalue weighted by atomic mass is 32.1. The first kappa shape index (κ1) is 34.9. The molecule has 11 nitrogen and oxygen atoms in total. The maximum Gasteiger partial charge on any atom is 0.416 e. The van der Waals surface area contributed by atoms with Gasteiger partial charge in [0, 0.05) is 6.07 Å². The number of thiazole rings is 1. The first-order valence-corrected chi connectivity index (χ1v) is 15.7. The Bertz CT molecular complexity index is 2140. The van der Waals surface area contributed by atoms with Gasteiger partial charge in [-0.05, 0) is 81.3 Å². The predicted molar refractivity (Wildman–Crippen MR) is 174 cm³/mol. The number of rotatable bonds is 10. The number of esters is 1. The van der Waals surface area contributed by atoms with Crippen LogP contribution < -0.4 is 29.1 Å². The first-order valence-electron chi connectivity index (χ1n) is 14.9. The van der Waals surface area contributed by atoms with Gasteiger partial charge < -0.3 is 18.9 Å². The van der Waals surface area contributed by atoms with Gasteiger partial charge in [0.05, 0.1) is 52.2 Å². The van der Waals surface area contributed by atoms with Crippen LogP contribution in [0.1, 0.15) is 50.4 Å². The molecule has 0 saturated carbocycles. The Hall–Kier alpha value is -5.44. The molecule has 1 aliphatic heterocycles. The number of hydrogen-bond acceptors (Lipinski definition) is 10. The molecule has 0 unspecified atom stereocenters. The van der Waals surface area contributed by atoms with Crippen molar-refractivity contribution in [2.75, 3.05) is 13.7 Å². The zero-order valence-electron chi connectivity index (χ0n) is 26.9. The van der Waals surface area contributed by atoms with E-state index in [9.17, 15) is 32.9 Å². The van der Waals surface area contributed by atoms with Crippen molar-refractivity contribution in [3.05, 3.63) is 118 Å². The lowest BCUT2D eigenvalue weighted by molar-refractivity contribution is -0.385. The number of carbonyl (C=O) groups excluding carboxylic acids is 1. The minimum atomic E-state index is -4.76. The molecule has 4 aromatic rings. The third-order valence-corrected chi connectivity index (χ3v) is 8.25. The SMILES string of the molecule is CCOC(=O)C1=C(C)N=c2s/c(=C\c3ccc(Oc4ccc(C(F)(F)F)cc4[N+](=O)[O-])cc3)c(=O)n2[C@H]1c1ccc(OC(C)C)c(OC)c1. The Labute approximate surface area is 281 Å². The quantitative estimate of drug-likeness (QED) is 0.107. The largest absolute Gasteiger partial charge is 0.493 e. The normalized spacial score (nSPS) is 14.7. The van der Waals surface area contributed by atoms with E-state index in [4.69, 9.17) is 18.9 Å². The monoisotopic (exact) mass is 697 g/mol. The van der Waals surface area contributed by atoms with Crippen LogP contribution in [-0.2, 0) is 15.7 Å². The molecule has 0 aliphatic carbocycles. The van der Waals surface area contributed by atoms with E-state index >= 15 is 0 Å². The number of benzene rings is 3. The van der Waals surface area contributed by atoms with Gasteiger partial charge in [-0.15, -0.1) is 0 Å². The number of hydrogen-bond donors (Lipinski definition) is 0. The zero-order chi connectivity index (χ0) is 35.6. The van der Waals surface area contributed by atoms with Crippen molar-refractivity contribution in [3.63, 3.8) is 0 Å². The van der Waals surface area contributed by atoms with Crippen LogP contribution in [0, 0.1) is 10.1 Å². The molecule has 0 saturated heterocycles. The van der Waals surface area contributed by atoms with Gasteiger partial charge in [-0.1, -0.05) is 29.5 Å². The molecule has 0 fully saturated rings. The van der Waals surface area contributed by atoms with Crippen LogP contribution in [0.25, 0.3) is 6.08 Å². The van der Waals surface area contributed by atoms with Crippen LogP contribution in [0.2, 0.25) is 0 Å². The van der Waals surface area contributed by atoms with Crippen molar-refractivity contribution in [1.82, 2.24) is 4.57 Å². The summed E-state index contributed by atoms with van der Waals surface area (Å²) in [5.41, 5.74) is -0.745. The van der Waals surface area contributed by atoms with Crippen LogP contribution in [0.15, 0.2) is 81.7 Å². The van der Waals surface area contributed by atoms with E-state index < -0.39 is 39.9 Å². The summed E-state index contributed by atoms with van der Waals surface area (Å²) in [5.74, 6) is 0.0400. The second kappa shape index (κ2) is 14.0. The Kier molecular flexibility index (Phi) is 9.94. The van der Waals surface area contributed by atoms with Gasteiger partial charge in [0.1, 0.15) is 5.75 Å². The molecule has 5 rings (SSSR count). The Morgan fingerprint density at radius 3 is 2.39 bits per heavy atom. The van der Waals surface area contributed by atoms with E-state index in [-0.39, 0.29) is 29.8 Å². The molecule has 1 aromatic heterocycles. The molecule has 0 amide bonds. The van der Waals surface area contributed by atoms with Gasteiger partial charge in [0.2, 0.25) is 5.75 Å². The highest BCUT2D eigenvalue weighted by Crippen LogP contribution is 2.39. The van der Waals surface area contributed by atoms with Crippen LogP contribution >= 0.6 is 11.3 Å². The molecule has 0 bridgehead atoms. The molecule has 0 spiro atoms. The number of aromatic nitrogens is 1. The summed E-state index contributed by atoms with van der Waals surface area (Å²) >= 11 is 1.11. The summed E-state index contributed by atoms with van der Waals surface area (Å²) < 4.78 is 63.3. The van der Waals surface area contributed by atoms with Gasteiger partial charge in [-0.25, -0.2) is 9.79 Å². The minimum absolute atomic E-state index is 0.114. The Balaban J connectivity index is 1.53. The molecule has 2 heterocycles. The number of allylic oxidation sites excluding steroid dienone is 1. The number of fused-ring (bicyclic) bond motifs is 1. The van der Waals surface area contributed by atoms with Gasteiger partial charge in [0.25, 0.3) is 5.56 Å². The van der Waals surface area contributed by atoms with E-state index in [0.717, 1.165) is 17.4 Å². The fourth-order valence-corrected chi connectivity index (χ4v) is 6.19. The average Bonchev–Trinajstić information content (AvgIpc) is 3.34. The Morgan fingerprint density at radius 1 is 1.08 bits per heavy atom. The smallest absolute Gasteiger partial charge is 0.416 e. The molecule has 15 heteroatoms. The molecular weight excluding hydrogens is 667 g/mol. The number of methoxy groups -OCH3 is 1. The molecule has 0 radical (unpaired) electrons. The van der Waals surface area contributed by atoms with E-state index in [1.165, 1.54) is 23.8 Å². The molecule has 1 aliphatic rings. The summed E-state index contributed by atoms with van der Waals surface area (Å²) in [6.07, 6.45) is -3.28. The summed E-state index contributed by atoms with van der Waals surface area (Å²) in [7, 11) is 1.49. The Morgan fingerprint density at radius 2 is 1.78 bits per heavy atom. The number of nitro benzene ring substituents is 1. The zero-order valence-corrected chi connectivity index (χ0v) is 27.7. The standard InChI is InChI=1S/C34H30F3N3O8S/c1-6-46-32(42)29-19(4)38-33-39(30(29)21-9-13-26(47-18(2)3)27(16-21)45-5)31(41)28(49-33)15-20-7-11-23(12-8-20)48-25-14-10-22(34(35,36)37)17-24(25)40(43)44/h7-18,30H,6H2,1-5H3/b28-15-/t30-/m0/s1. The summed E-state index contributed by atoms with van der Waals surface area (Å²) in [6.45, 7) is 7.22. The van der Waals surface area contributed by atoms with E-state index in [2.05, 4.69) is 4.99 Å². The highest BCUT2D eigenvalue weighted by molar-refractivity contribution is 7.07. The van der Waals surface area contributed by atoms with Gasteiger partial charge in [-0.2, -0.15) is 13.2 Å². The maximum absolute atomic E-state index is 14.0. The fraction of sp³-hybridized carbons (Fsp3) is 0.265. The fourth-order valence-electron chi connectivity index (χ4n) is 5.15. The molecule has 0 N–H and O–H groups in total. The van der Waals surface area contributed by atoms with Gasteiger partial charge >= 0.3 is 17.8 Å². The highest BCUT2D eigenvalue weighted by Gasteiger charge is 2.35. The van der Waals surface area contributed by atoms with Gasteiger partial charge in [-0.3, -0.25) is 19.5 Å². The maximum atomic E-state index is 14.0.